The van der Waals surface area contributed by atoms with Gasteiger partial charge in [0.25, 0.3) is 5.56 Å². The van der Waals surface area contributed by atoms with Gasteiger partial charge in [-0.3, -0.25) is 4.79 Å². The van der Waals surface area contributed by atoms with Gasteiger partial charge in [0, 0.05) is 16.7 Å². The number of benzene rings is 1. The van der Waals surface area contributed by atoms with Gasteiger partial charge in [-0.1, -0.05) is 22.0 Å². The molecule has 0 bridgehead atoms. The second kappa shape index (κ2) is 6.38. The van der Waals surface area contributed by atoms with E-state index >= 15 is 0 Å². The van der Waals surface area contributed by atoms with Crippen LogP contribution in [0.5, 0.6) is 5.75 Å². The fourth-order valence-electron chi connectivity index (χ4n) is 1.65. The van der Waals surface area contributed by atoms with E-state index in [1.807, 2.05) is 18.2 Å². The zero-order valence-corrected chi connectivity index (χ0v) is 12.0. The molecule has 0 unspecified atom stereocenters. The predicted molar refractivity (Wildman–Crippen MR) is 77.3 cm³/mol. The van der Waals surface area contributed by atoms with E-state index in [1.54, 1.807) is 6.07 Å². The third-order valence-electron chi connectivity index (χ3n) is 2.63. The molecule has 0 spiro atoms. The zero-order valence-electron chi connectivity index (χ0n) is 10.5. The molecule has 104 valence electrons. The largest absolute Gasteiger partial charge is 0.492 e. The molecule has 2 rings (SSSR count). The molecule has 0 atom stereocenters. The lowest BCUT2D eigenvalue weighted by Crippen LogP contribution is -2.23. The SMILES string of the molecule is O=C(O)c1ccc(=O)n(CCOc2cccc(Br)c2)c1. The first kappa shape index (κ1) is 14.3. The maximum atomic E-state index is 11.6. The Bertz CT molecular complexity index is 681. The van der Waals surface area contributed by atoms with Gasteiger partial charge in [-0.05, 0) is 24.3 Å². The molecule has 0 amide bonds. The third-order valence-corrected chi connectivity index (χ3v) is 3.12. The summed E-state index contributed by atoms with van der Waals surface area (Å²) >= 11 is 3.34. The van der Waals surface area contributed by atoms with E-state index in [0.29, 0.717) is 5.75 Å². The van der Waals surface area contributed by atoms with Crippen LogP contribution in [0.1, 0.15) is 10.4 Å². The molecule has 0 radical (unpaired) electrons. The summed E-state index contributed by atoms with van der Waals surface area (Å²) in [5.74, 6) is -0.381. The smallest absolute Gasteiger partial charge is 0.337 e. The van der Waals surface area contributed by atoms with Gasteiger partial charge in [0.15, 0.2) is 0 Å². The molecule has 2 aromatic rings. The lowest BCUT2D eigenvalue weighted by Gasteiger charge is -2.09. The molecule has 1 heterocycles. The number of halogens is 1. The van der Waals surface area contributed by atoms with Crippen LogP contribution < -0.4 is 10.3 Å². The quantitative estimate of drug-likeness (QED) is 0.909. The fraction of sp³-hybridized carbons (Fsp3) is 0.143. The van der Waals surface area contributed by atoms with E-state index in [-0.39, 0.29) is 24.3 Å². The predicted octanol–water partition coefficient (Wildman–Crippen LogP) is 2.39. The maximum absolute atomic E-state index is 11.6. The number of hydrogen-bond donors (Lipinski definition) is 1. The Kier molecular flexibility index (Phi) is 4.57. The van der Waals surface area contributed by atoms with Gasteiger partial charge in [-0.25, -0.2) is 4.79 Å². The Balaban J connectivity index is 2.02. The van der Waals surface area contributed by atoms with Crippen molar-refractivity contribution in [1.82, 2.24) is 4.57 Å². The highest BCUT2D eigenvalue weighted by Crippen LogP contribution is 2.17. The summed E-state index contributed by atoms with van der Waals surface area (Å²) in [6.45, 7) is 0.561. The van der Waals surface area contributed by atoms with Crippen molar-refractivity contribution in [2.24, 2.45) is 0 Å². The Hall–Kier alpha value is -2.08. The molecule has 1 N–H and O–H groups in total. The highest BCUT2D eigenvalue weighted by atomic mass is 79.9. The van der Waals surface area contributed by atoms with Gasteiger partial charge in [0.05, 0.1) is 12.1 Å². The monoisotopic (exact) mass is 337 g/mol. The van der Waals surface area contributed by atoms with Crippen molar-refractivity contribution < 1.29 is 14.6 Å². The molecule has 0 aliphatic rings. The van der Waals surface area contributed by atoms with E-state index in [1.165, 1.54) is 22.9 Å². The van der Waals surface area contributed by atoms with Crippen molar-refractivity contribution in [2.75, 3.05) is 6.61 Å². The number of carbonyl (C=O) groups is 1. The molecule has 0 saturated heterocycles. The first-order valence-corrected chi connectivity index (χ1v) is 6.68. The van der Waals surface area contributed by atoms with Gasteiger partial charge in [-0.2, -0.15) is 0 Å². The number of rotatable bonds is 5. The van der Waals surface area contributed by atoms with E-state index in [4.69, 9.17) is 9.84 Å². The minimum Gasteiger partial charge on any atom is -0.492 e. The molecule has 20 heavy (non-hydrogen) atoms. The number of ether oxygens (including phenoxy) is 1. The molecule has 0 aliphatic heterocycles. The molecule has 1 aromatic heterocycles. The van der Waals surface area contributed by atoms with Gasteiger partial charge in [-0.15, -0.1) is 0 Å². The van der Waals surface area contributed by atoms with E-state index in [9.17, 15) is 9.59 Å². The van der Waals surface area contributed by atoms with Crippen LogP contribution in [-0.2, 0) is 6.54 Å². The van der Waals surface area contributed by atoms with Gasteiger partial charge < -0.3 is 14.4 Å². The van der Waals surface area contributed by atoms with Crippen molar-refractivity contribution in [3.05, 3.63) is 63.0 Å². The molecule has 0 fully saturated rings. The normalized spacial score (nSPS) is 10.2. The molecular formula is C14H12BrNO4. The summed E-state index contributed by atoms with van der Waals surface area (Å²) in [7, 11) is 0. The molecule has 5 nitrogen and oxygen atoms in total. The molecular weight excluding hydrogens is 326 g/mol. The second-order valence-corrected chi connectivity index (χ2v) is 4.98. The maximum Gasteiger partial charge on any atom is 0.337 e. The van der Waals surface area contributed by atoms with E-state index in [0.717, 1.165) is 4.47 Å². The first-order chi connectivity index (χ1) is 9.56. The van der Waals surface area contributed by atoms with E-state index in [2.05, 4.69) is 15.9 Å². The number of carboxylic acid groups (broad SMARTS) is 1. The van der Waals surface area contributed by atoms with E-state index < -0.39 is 5.97 Å². The zero-order chi connectivity index (χ0) is 14.5. The topological polar surface area (TPSA) is 68.5 Å². The average molecular weight is 338 g/mol. The highest BCUT2D eigenvalue weighted by molar-refractivity contribution is 9.10. The summed E-state index contributed by atoms with van der Waals surface area (Å²) < 4.78 is 7.73. The van der Waals surface area contributed by atoms with Crippen molar-refractivity contribution in [3.8, 4) is 5.75 Å². The summed E-state index contributed by atoms with van der Waals surface area (Å²) in [6, 6.07) is 9.88. The molecule has 1 aromatic carbocycles. The minimum absolute atomic E-state index is 0.0760. The number of pyridine rings is 1. The summed E-state index contributed by atoms with van der Waals surface area (Å²) in [5, 5.41) is 8.88. The summed E-state index contributed by atoms with van der Waals surface area (Å²) in [4.78, 5) is 22.4. The Morgan fingerprint density at radius 3 is 2.80 bits per heavy atom. The van der Waals surface area contributed by atoms with Crippen molar-refractivity contribution in [3.63, 3.8) is 0 Å². The van der Waals surface area contributed by atoms with Crippen LogP contribution in [0.3, 0.4) is 0 Å². The van der Waals surface area contributed by atoms with Gasteiger partial charge in [0.2, 0.25) is 0 Å². The standard InChI is InChI=1S/C14H12BrNO4/c15-11-2-1-3-12(8-11)20-7-6-16-9-10(14(18)19)4-5-13(16)17/h1-5,8-9H,6-7H2,(H,18,19). The Morgan fingerprint density at radius 1 is 1.30 bits per heavy atom. The van der Waals surface area contributed by atoms with Crippen LogP contribution >= 0.6 is 15.9 Å². The summed E-state index contributed by atoms with van der Waals surface area (Å²) in [5.41, 5.74) is -0.181. The number of aromatic nitrogens is 1. The van der Waals surface area contributed by atoms with Crippen LogP contribution in [0.25, 0.3) is 0 Å². The number of aromatic carboxylic acids is 1. The lowest BCUT2D eigenvalue weighted by atomic mass is 10.3. The Morgan fingerprint density at radius 2 is 2.10 bits per heavy atom. The second-order valence-electron chi connectivity index (χ2n) is 4.06. The van der Waals surface area contributed by atoms with Crippen LogP contribution in [-0.4, -0.2) is 22.2 Å². The van der Waals surface area contributed by atoms with Crippen LogP contribution in [0.15, 0.2) is 51.9 Å². The van der Waals surface area contributed by atoms with Crippen LogP contribution in [0.2, 0.25) is 0 Å². The molecule has 6 heteroatoms. The lowest BCUT2D eigenvalue weighted by molar-refractivity contribution is 0.0695. The molecule has 0 aliphatic carbocycles. The van der Waals surface area contributed by atoms with Crippen molar-refractivity contribution in [1.29, 1.82) is 0 Å². The minimum atomic E-state index is -1.06. The van der Waals surface area contributed by atoms with Gasteiger partial charge in [0.1, 0.15) is 12.4 Å². The van der Waals surface area contributed by atoms with Gasteiger partial charge >= 0.3 is 5.97 Å². The highest BCUT2D eigenvalue weighted by Gasteiger charge is 2.05. The van der Waals surface area contributed by atoms with Crippen molar-refractivity contribution >= 4 is 21.9 Å². The molecule has 0 saturated carbocycles. The number of hydrogen-bond acceptors (Lipinski definition) is 3. The Labute approximate surface area is 123 Å². The van der Waals surface area contributed by atoms with Crippen LogP contribution in [0, 0.1) is 0 Å². The first-order valence-electron chi connectivity index (χ1n) is 5.88. The van der Waals surface area contributed by atoms with Crippen molar-refractivity contribution in [2.45, 2.75) is 6.54 Å². The number of carboxylic acids is 1. The third kappa shape index (κ3) is 3.71. The fourth-order valence-corrected chi connectivity index (χ4v) is 2.03. The van der Waals surface area contributed by atoms with Crippen LogP contribution in [0.4, 0.5) is 0 Å². The average Bonchev–Trinajstić information content (AvgIpc) is 2.40. The number of nitrogens with zero attached hydrogens (tertiary/aromatic N) is 1. The summed E-state index contributed by atoms with van der Waals surface area (Å²) in [6.07, 6.45) is 1.31.